The molecule has 1 amide bonds. The van der Waals surface area contributed by atoms with E-state index in [1.807, 2.05) is 36.1 Å². The van der Waals surface area contributed by atoms with Crippen LogP contribution in [0.2, 0.25) is 5.02 Å². The number of anilines is 2. The topological polar surface area (TPSA) is 59.4 Å². The van der Waals surface area contributed by atoms with Gasteiger partial charge >= 0.3 is 0 Å². The molecule has 6 nitrogen and oxygen atoms in total. The van der Waals surface area contributed by atoms with E-state index in [1.165, 1.54) is 6.07 Å². The lowest BCUT2D eigenvalue weighted by Gasteiger charge is -2.29. The highest BCUT2D eigenvalue weighted by Crippen LogP contribution is 2.25. The number of benzene rings is 2. The first-order valence-electron chi connectivity index (χ1n) is 10.1. The number of carbonyl (C=O) groups is 1. The molecule has 162 valence electrons. The van der Waals surface area contributed by atoms with Gasteiger partial charge < -0.3 is 15.0 Å². The maximum Gasteiger partial charge on any atom is 0.259 e. The molecule has 1 N–H and O–H groups in total. The number of nitrogens with one attached hydrogen (secondary N) is 1. The molecule has 0 saturated carbocycles. The Morgan fingerprint density at radius 3 is 2.65 bits per heavy atom. The standard InChI is InChI=1S/C23H24ClFN4O2/c1-15-22(16(2)29(27-15)14-17-5-3-4-6-19(17)24)23(30)26-18-7-8-21(20(25)13-18)28-9-11-31-12-10-28/h3-8,13H,9-12,14H2,1-2H3,(H,26,30). The summed E-state index contributed by atoms with van der Waals surface area (Å²) in [5.74, 6) is -0.693. The first kappa shape index (κ1) is 21.3. The van der Waals surface area contributed by atoms with E-state index in [9.17, 15) is 9.18 Å². The summed E-state index contributed by atoms with van der Waals surface area (Å²) in [7, 11) is 0. The smallest absolute Gasteiger partial charge is 0.259 e. The molecule has 2 aromatic carbocycles. The number of hydrogen-bond donors (Lipinski definition) is 1. The van der Waals surface area contributed by atoms with Crippen molar-refractivity contribution >= 4 is 28.9 Å². The third-order valence-electron chi connectivity index (χ3n) is 5.44. The Morgan fingerprint density at radius 1 is 1.19 bits per heavy atom. The predicted octanol–water partition coefficient (Wildman–Crippen LogP) is 4.43. The molecule has 1 saturated heterocycles. The maximum absolute atomic E-state index is 14.7. The molecule has 1 fully saturated rings. The lowest BCUT2D eigenvalue weighted by Crippen LogP contribution is -2.36. The number of halogens is 2. The fraction of sp³-hybridized carbons (Fsp3) is 0.304. The van der Waals surface area contributed by atoms with E-state index in [0.29, 0.717) is 60.5 Å². The molecular formula is C23H24ClFN4O2. The number of rotatable bonds is 5. The van der Waals surface area contributed by atoms with E-state index in [2.05, 4.69) is 10.4 Å². The number of aromatic nitrogens is 2. The molecule has 0 spiro atoms. The van der Waals surface area contributed by atoms with Gasteiger partial charge in [-0.25, -0.2) is 4.39 Å². The van der Waals surface area contributed by atoms with Crippen LogP contribution in [-0.2, 0) is 11.3 Å². The van der Waals surface area contributed by atoms with E-state index >= 15 is 0 Å². The van der Waals surface area contributed by atoms with Crippen LogP contribution in [0.25, 0.3) is 0 Å². The summed E-state index contributed by atoms with van der Waals surface area (Å²) in [4.78, 5) is 14.9. The molecule has 0 unspecified atom stereocenters. The van der Waals surface area contributed by atoms with E-state index in [-0.39, 0.29) is 11.7 Å². The number of nitrogens with zero attached hydrogens (tertiary/aromatic N) is 3. The number of hydrogen-bond acceptors (Lipinski definition) is 4. The Morgan fingerprint density at radius 2 is 1.94 bits per heavy atom. The van der Waals surface area contributed by atoms with Crippen molar-refractivity contribution in [3.05, 3.63) is 75.8 Å². The van der Waals surface area contributed by atoms with Crippen molar-refractivity contribution in [1.29, 1.82) is 0 Å². The van der Waals surface area contributed by atoms with E-state index in [0.717, 1.165) is 11.3 Å². The fourth-order valence-corrected chi connectivity index (χ4v) is 4.00. The zero-order valence-electron chi connectivity index (χ0n) is 17.5. The van der Waals surface area contributed by atoms with Crippen molar-refractivity contribution in [1.82, 2.24) is 9.78 Å². The third kappa shape index (κ3) is 4.57. The van der Waals surface area contributed by atoms with E-state index < -0.39 is 0 Å². The molecule has 0 atom stereocenters. The minimum absolute atomic E-state index is 0.320. The largest absolute Gasteiger partial charge is 0.378 e. The van der Waals surface area contributed by atoms with Crippen LogP contribution in [0.5, 0.6) is 0 Å². The van der Waals surface area contributed by atoms with Gasteiger partial charge in [-0.2, -0.15) is 5.10 Å². The number of amides is 1. The van der Waals surface area contributed by atoms with Gasteiger partial charge in [-0.05, 0) is 43.7 Å². The van der Waals surface area contributed by atoms with Crippen LogP contribution >= 0.6 is 11.6 Å². The monoisotopic (exact) mass is 442 g/mol. The van der Waals surface area contributed by atoms with Crippen molar-refractivity contribution in [3.63, 3.8) is 0 Å². The van der Waals surface area contributed by atoms with Crippen LogP contribution in [0.15, 0.2) is 42.5 Å². The highest BCUT2D eigenvalue weighted by molar-refractivity contribution is 6.31. The van der Waals surface area contributed by atoms with Crippen LogP contribution in [-0.4, -0.2) is 42.0 Å². The van der Waals surface area contributed by atoms with Gasteiger partial charge in [0.15, 0.2) is 0 Å². The minimum Gasteiger partial charge on any atom is -0.378 e. The molecule has 3 aromatic rings. The zero-order valence-corrected chi connectivity index (χ0v) is 18.2. The summed E-state index contributed by atoms with van der Waals surface area (Å²) in [6, 6.07) is 12.3. The second-order valence-corrected chi connectivity index (χ2v) is 7.92. The summed E-state index contributed by atoms with van der Waals surface area (Å²) in [5, 5.41) is 7.95. The first-order chi connectivity index (χ1) is 14.9. The van der Waals surface area contributed by atoms with Crippen LogP contribution < -0.4 is 10.2 Å². The van der Waals surface area contributed by atoms with Crippen molar-refractivity contribution in [2.45, 2.75) is 20.4 Å². The Labute approximate surface area is 185 Å². The van der Waals surface area contributed by atoms with Crippen LogP contribution in [0.4, 0.5) is 15.8 Å². The van der Waals surface area contributed by atoms with Crippen LogP contribution in [0.3, 0.4) is 0 Å². The van der Waals surface area contributed by atoms with Gasteiger partial charge in [0.25, 0.3) is 5.91 Å². The molecule has 0 aliphatic carbocycles. The summed E-state index contributed by atoms with van der Waals surface area (Å²) in [6.45, 7) is 6.53. The molecule has 0 bridgehead atoms. The Balaban J connectivity index is 1.52. The number of morpholine rings is 1. The molecule has 8 heteroatoms. The molecule has 1 aliphatic heterocycles. The quantitative estimate of drug-likeness (QED) is 0.635. The lowest BCUT2D eigenvalue weighted by atomic mass is 10.1. The fourth-order valence-electron chi connectivity index (χ4n) is 3.81. The number of aryl methyl sites for hydroxylation is 1. The van der Waals surface area contributed by atoms with E-state index in [4.69, 9.17) is 16.3 Å². The van der Waals surface area contributed by atoms with Gasteiger partial charge in [-0.3, -0.25) is 9.48 Å². The summed E-state index contributed by atoms with van der Waals surface area (Å²) < 4.78 is 21.7. The van der Waals surface area contributed by atoms with Gasteiger partial charge in [0.2, 0.25) is 0 Å². The third-order valence-corrected chi connectivity index (χ3v) is 5.81. The van der Waals surface area contributed by atoms with Gasteiger partial charge in [0, 0.05) is 29.5 Å². The van der Waals surface area contributed by atoms with Crippen LogP contribution in [0, 0.1) is 19.7 Å². The lowest BCUT2D eigenvalue weighted by molar-refractivity contribution is 0.102. The highest BCUT2D eigenvalue weighted by Gasteiger charge is 2.21. The van der Waals surface area contributed by atoms with Gasteiger partial charge in [0.1, 0.15) is 5.82 Å². The van der Waals surface area contributed by atoms with Gasteiger partial charge in [-0.15, -0.1) is 0 Å². The van der Waals surface area contributed by atoms with Crippen molar-refractivity contribution in [2.24, 2.45) is 0 Å². The number of ether oxygens (including phenoxy) is 1. The zero-order chi connectivity index (χ0) is 22.0. The Hall–Kier alpha value is -2.90. The molecule has 1 aromatic heterocycles. The molecule has 4 rings (SSSR count). The number of carbonyl (C=O) groups excluding carboxylic acids is 1. The Kier molecular flexibility index (Phi) is 6.25. The van der Waals surface area contributed by atoms with Crippen molar-refractivity contribution in [3.8, 4) is 0 Å². The molecule has 31 heavy (non-hydrogen) atoms. The summed E-state index contributed by atoms with van der Waals surface area (Å²) in [6.07, 6.45) is 0. The second-order valence-electron chi connectivity index (χ2n) is 7.51. The molecule has 0 radical (unpaired) electrons. The normalized spacial score (nSPS) is 14.0. The Bertz CT molecular complexity index is 1110. The highest BCUT2D eigenvalue weighted by atomic mass is 35.5. The first-order valence-corrected chi connectivity index (χ1v) is 10.5. The average Bonchev–Trinajstić information content (AvgIpc) is 3.03. The van der Waals surface area contributed by atoms with Crippen LogP contribution in [0.1, 0.15) is 27.3 Å². The minimum atomic E-state index is -0.373. The van der Waals surface area contributed by atoms with Gasteiger partial charge in [-0.1, -0.05) is 29.8 Å². The predicted molar refractivity (Wildman–Crippen MR) is 120 cm³/mol. The average molecular weight is 443 g/mol. The second kappa shape index (κ2) is 9.08. The SMILES string of the molecule is Cc1nn(Cc2ccccc2Cl)c(C)c1C(=O)Nc1ccc(N2CCOCC2)c(F)c1. The molecular weight excluding hydrogens is 419 g/mol. The maximum atomic E-state index is 14.7. The van der Waals surface area contributed by atoms with Crippen molar-refractivity contribution < 1.29 is 13.9 Å². The molecule has 1 aliphatic rings. The van der Waals surface area contributed by atoms with Gasteiger partial charge in [0.05, 0.1) is 36.7 Å². The van der Waals surface area contributed by atoms with E-state index in [1.54, 1.807) is 23.7 Å². The summed E-state index contributed by atoms with van der Waals surface area (Å²) >= 11 is 6.26. The molecule has 2 heterocycles. The van der Waals surface area contributed by atoms with Crippen molar-refractivity contribution in [2.75, 3.05) is 36.5 Å². The summed E-state index contributed by atoms with van der Waals surface area (Å²) in [5.41, 5.74) is 3.64.